The van der Waals surface area contributed by atoms with E-state index in [1.54, 1.807) is 0 Å². The molecule has 0 spiro atoms. The summed E-state index contributed by atoms with van der Waals surface area (Å²) in [5, 5.41) is 29.2. The number of H-pyrrole nitrogens is 1. The first-order chi connectivity index (χ1) is 10.4. The average molecular weight is 314 g/mol. The largest absolute Gasteiger partial charge is 0.479 e. The number of hydrogen-bond donors (Lipinski definition) is 4. The molecule has 6 atom stereocenters. The Bertz CT molecular complexity index is 697. The number of carbonyl (C=O) groups is 1. The van der Waals surface area contributed by atoms with E-state index in [9.17, 15) is 24.6 Å². The Morgan fingerprint density at radius 3 is 2.64 bits per heavy atom. The first-order valence-corrected chi connectivity index (χ1v) is 6.60. The van der Waals surface area contributed by atoms with E-state index in [1.165, 1.54) is 0 Å². The molecule has 0 amide bonds. The lowest BCUT2D eigenvalue weighted by atomic mass is 9.96. The number of rotatable bonds is 2. The molecule has 0 radical (unpaired) electrons. The van der Waals surface area contributed by atoms with E-state index in [2.05, 4.69) is 0 Å². The van der Waals surface area contributed by atoms with Crippen LogP contribution in [0.25, 0.3) is 0 Å². The van der Waals surface area contributed by atoms with Crippen LogP contribution in [-0.4, -0.2) is 61.4 Å². The fourth-order valence-electron chi connectivity index (χ4n) is 2.76. The van der Waals surface area contributed by atoms with Crippen molar-refractivity contribution >= 4 is 5.97 Å². The summed E-state index contributed by atoms with van der Waals surface area (Å²) in [7, 11) is 0. The van der Waals surface area contributed by atoms with Gasteiger partial charge >= 0.3 is 11.7 Å². The van der Waals surface area contributed by atoms with Gasteiger partial charge in [-0.2, -0.15) is 0 Å². The molecule has 2 saturated heterocycles. The summed E-state index contributed by atoms with van der Waals surface area (Å²) in [6.07, 6.45) is -6.07. The summed E-state index contributed by atoms with van der Waals surface area (Å²) >= 11 is 0. The first-order valence-electron chi connectivity index (χ1n) is 6.60. The number of carboxylic acids is 1. The number of nitrogens with one attached hydrogen (secondary N) is 1. The second kappa shape index (κ2) is 5.32. The third kappa shape index (κ3) is 2.35. The lowest BCUT2D eigenvalue weighted by Gasteiger charge is -2.33. The predicted molar refractivity (Wildman–Crippen MR) is 68.2 cm³/mol. The zero-order valence-corrected chi connectivity index (χ0v) is 11.2. The van der Waals surface area contributed by atoms with E-state index in [1.807, 2.05) is 4.98 Å². The van der Waals surface area contributed by atoms with Crippen LogP contribution in [0.2, 0.25) is 0 Å². The molecule has 2 aliphatic heterocycles. The molecular weight excluding hydrogens is 300 g/mol. The second-order valence-corrected chi connectivity index (χ2v) is 5.23. The summed E-state index contributed by atoms with van der Waals surface area (Å²) < 4.78 is 11.7. The standard InChI is InChI=1S/C12H14N2O8/c15-4-3-5(11(18)19)21-9-7(17)10(22-8(4)9)14-2-1-6(16)13-12(14)20/h1-2,4-5,7-10,15,17H,3H2,(H,18,19)(H,13,16,20)/t4-,5+,7-,8-,9+,10-/m1/s1. The predicted octanol–water partition coefficient (Wildman–Crippen LogP) is -2.60. The normalized spacial score (nSPS) is 37.7. The van der Waals surface area contributed by atoms with Crippen molar-refractivity contribution < 1.29 is 29.6 Å². The molecule has 22 heavy (non-hydrogen) atoms. The zero-order valence-electron chi connectivity index (χ0n) is 11.2. The van der Waals surface area contributed by atoms with Gasteiger partial charge in [0.15, 0.2) is 12.3 Å². The van der Waals surface area contributed by atoms with Crippen molar-refractivity contribution in [3.05, 3.63) is 33.1 Å². The number of aromatic nitrogens is 2. The van der Waals surface area contributed by atoms with E-state index in [4.69, 9.17) is 14.6 Å². The summed E-state index contributed by atoms with van der Waals surface area (Å²) in [5.41, 5.74) is -1.40. The Labute approximate surface area is 122 Å². The minimum atomic E-state index is -1.37. The number of carboxylic acid groups (broad SMARTS) is 1. The molecule has 0 bridgehead atoms. The van der Waals surface area contributed by atoms with Gasteiger partial charge in [-0.15, -0.1) is 0 Å². The van der Waals surface area contributed by atoms with Crippen LogP contribution in [-0.2, 0) is 14.3 Å². The quantitative estimate of drug-likeness (QED) is 0.464. The number of aliphatic carboxylic acids is 1. The van der Waals surface area contributed by atoms with Crippen molar-refractivity contribution in [2.24, 2.45) is 0 Å². The van der Waals surface area contributed by atoms with Crippen LogP contribution < -0.4 is 11.2 Å². The summed E-state index contributed by atoms with van der Waals surface area (Å²) in [5.74, 6) is -1.26. The van der Waals surface area contributed by atoms with E-state index in [0.29, 0.717) is 0 Å². The number of ether oxygens (including phenoxy) is 2. The molecular formula is C12H14N2O8. The molecule has 10 heteroatoms. The van der Waals surface area contributed by atoms with E-state index < -0.39 is 54.0 Å². The molecule has 3 rings (SSSR count). The summed E-state index contributed by atoms with van der Waals surface area (Å²) in [6.45, 7) is 0. The smallest absolute Gasteiger partial charge is 0.332 e. The van der Waals surface area contributed by atoms with Crippen molar-refractivity contribution in [1.82, 2.24) is 9.55 Å². The van der Waals surface area contributed by atoms with Crippen LogP contribution in [0.3, 0.4) is 0 Å². The van der Waals surface area contributed by atoms with Crippen molar-refractivity contribution in [1.29, 1.82) is 0 Å². The van der Waals surface area contributed by atoms with E-state index in [-0.39, 0.29) is 6.42 Å². The second-order valence-electron chi connectivity index (χ2n) is 5.23. The Hall–Kier alpha value is -2.01. The van der Waals surface area contributed by atoms with Gasteiger partial charge in [-0.3, -0.25) is 14.3 Å². The van der Waals surface area contributed by atoms with Crippen LogP contribution >= 0.6 is 0 Å². The molecule has 0 aromatic carbocycles. The maximum atomic E-state index is 11.8. The van der Waals surface area contributed by atoms with Gasteiger partial charge in [-0.05, 0) is 0 Å². The number of aliphatic hydroxyl groups is 2. The number of fused-ring (bicyclic) bond motifs is 1. The van der Waals surface area contributed by atoms with Crippen molar-refractivity contribution in [3.63, 3.8) is 0 Å². The number of aromatic amines is 1. The molecule has 0 unspecified atom stereocenters. The first kappa shape index (κ1) is 14.9. The molecule has 2 aliphatic rings. The molecule has 0 saturated carbocycles. The van der Waals surface area contributed by atoms with Gasteiger partial charge in [0, 0.05) is 18.7 Å². The molecule has 1 aromatic heterocycles. The molecule has 3 heterocycles. The molecule has 4 N–H and O–H groups in total. The molecule has 10 nitrogen and oxygen atoms in total. The van der Waals surface area contributed by atoms with Gasteiger partial charge in [0.05, 0.1) is 6.10 Å². The van der Waals surface area contributed by atoms with Gasteiger partial charge in [0.2, 0.25) is 0 Å². The van der Waals surface area contributed by atoms with Gasteiger partial charge in [-0.25, -0.2) is 9.59 Å². The number of nitrogens with zero attached hydrogens (tertiary/aromatic N) is 1. The van der Waals surface area contributed by atoms with Gasteiger partial charge in [-0.1, -0.05) is 0 Å². The fraction of sp³-hybridized carbons (Fsp3) is 0.583. The minimum absolute atomic E-state index is 0.184. The Morgan fingerprint density at radius 1 is 1.27 bits per heavy atom. The van der Waals surface area contributed by atoms with Crippen LogP contribution in [0.4, 0.5) is 0 Å². The Kier molecular flexibility index (Phi) is 3.60. The van der Waals surface area contributed by atoms with Crippen LogP contribution in [0.1, 0.15) is 12.6 Å². The topological polar surface area (TPSA) is 151 Å². The molecule has 2 fully saturated rings. The maximum absolute atomic E-state index is 11.8. The van der Waals surface area contributed by atoms with Gasteiger partial charge in [0.1, 0.15) is 18.3 Å². The van der Waals surface area contributed by atoms with Crippen LogP contribution in [0.5, 0.6) is 0 Å². The zero-order chi connectivity index (χ0) is 16.0. The van der Waals surface area contributed by atoms with E-state index in [0.717, 1.165) is 16.8 Å². The lowest BCUT2D eigenvalue weighted by Crippen LogP contribution is -2.51. The molecule has 120 valence electrons. The molecule has 0 aliphatic carbocycles. The average Bonchev–Trinajstić information content (AvgIpc) is 2.77. The number of hydrogen-bond acceptors (Lipinski definition) is 7. The highest BCUT2D eigenvalue weighted by Gasteiger charge is 2.53. The number of aliphatic hydroxyl groups excluding tert-OH is 2. The van der Waals surface area contributed by atoms with Gasteiger partial charge in [0.25, 0.3) is 5.56 Å². The fourth-order valence-corrected chi connectivity index (χ4v) is 2.76. The van der Waals surface area contributed by atoms with Crippen molar-refractivity contribution in [3.8, 4) is 0 Å². The lowest BCUT2D eigenvalue weighted by molar-refractivity contribution is -0.187. The third-order valence-corrected chi connectivity index (χ3v) is 3.81. The van der Waals surface area contributed by atoms with E-state index >= 15 is 0 Å². The van der Waals surface area contributed by atoms with Crippen molar-refractivity contribution in [2.45, 2.75) is 43.2 Å². The SMILES string of the molecule is O=C(O)[C@@H]1C[C@@H](O)[C@H]2O[C@@H](n3ccc(=O)[nH]c3=O)[C@H](O)[C@@H]2O1. The summed E-state index contributed by atoms with van der Waals surface area (Å²) in [4.78, 5) is 35.8. The highest BCUT2D eigenvalue weighted by molar-refractivity contribution is 5.72. The Morgan fingerprint density at radius 2 is 2.00 bits per heavy atom. The highest BCUT2D eigenvalue weighted by atomic mass is 16.6. The Balaban J connectivity index is 1.90. The maximum Gasteiger partial charge on any atom is 0.332 e. The highest BCUT2D eigenvalue weighted by Crippen LogP contribution is 2.37. The van der Waals surface area contributed by atoms with Crippen LogP contribution in [0, 0.1) is 0 Å². The third-order valence-electron chi connectivity index (χ3n) is 3.81. The molecule has 1 aromatic rings. The minimum Gasteiger partial charge on any atom is -0.479 e. The summed E-state index contributed by atoms with van der Waals surface area (Å²) in [6, 6.07) is 1.08. The van der Waals surface area contributed by atoms with Crippen molar-refractivity contribution in [2.75, 3.05) is 0 Å². The monoisotopic (exact) mass is 314 g/mol. The van der Waals surface area contributed by atoms with Crippen LogP contribution in [0.15, 0.2) is 21.9 Å². The van der Waals surface area contributed by atoms with Gasteiger partial charge < -0.3 is 24.8 Å².